The van der Waals surface area contributed by atoms with Gasteiger partial charge >= 0.3 is 0 Å². The molecular weight excluding hydrogens is 424 g/mol. The topological polar surface area (TPSA) is 132 Å². The second-order valence-corrected chi connectivity index (χ2v) is 8.24. The molecule has 1 aliphatic heterocycles. The zero-order valence-corrected chi connectivity index (χ0v) is 18.2. The molecule has 1 aliphatic rings. The molecule has 0 saturated carbocycles. The van der Waals surface area contributed by atoms with Crippen LogP contribution in [0.5, 0.6) is 0 Å². The molecule has 3 rings (SSSR count). The van der Waals surface area contributed by atoms with E-state index in [0.717, 1.165) is 44.1 Å². The minimum atomic E-state index is -0.815. The van der Waals surface area contributed by atoms with Gasteiger partial charge in [0.15, 0.2) is 5.82 Å². The third-order valence-corrected chi connectivity index (χ3v) is 5.56. The van der Waals surface area contributed by atoms with Crippen molar-refractivity contribution in [3.63, 3.8) is 0 Å². The van der Waals surface area contributed by atoms with Gasteiger partial charge in [0.05, 0.1) is 22.1 Å². The number of halogens is 1. The van der Waals surface area contributed by atoms with Crippen molar-refractivity contribution in [3.8, 4) is 0 Å². The number of nitrogens with zero attached hydrogens (tertiary/aromatic N) is 4. The van der Waals surface area contributed by atoms with Gasteiger partial charge in [0.25, 0.3) is 11.6 Å². The quantitative estimate of drug-likeness (QED) is 0.494. The number of carbonyl (C=O) groups is 2. The number of carbonyl (C=O) groups excluding carboxylic acids is 2. The first-order valence-electron chi connectivity index (χ1n) is 10.2. The lowest BCUT2D eigenvalue weighted by Crippen LogP contribution is -2.49. The largest absolute Gasteiger partial charge is 0.347 e. The highest BCUT2D eigenvalue weighted by Crippen LogP contribution is 2.23. The number of nitrogens with one attached hydrogen (secondary N) is 2. The molecule has 1 aromatic heterocycles. The third kappa shape index (κ3) is 5.38. The van der Waals surface area contributed by atoms with Crippen molar-refractivity contribution < 1.29 is 14.5 Å². The molecule has 0 radical (unpaired) electrons. The summed E-state index contributed by atoms with van der Waals surface area (Å²) in [5, 5.41) is 24.7. The van der Waals surface area contributed by atoms with E-state index in [4.69, 9.17) is 11.6 Å². The molecule has 2 amide bonds. The van der Waals surface area contributed by atoms with Crippen LogP contribution in [0, 0.1) is 16.0 Å². The van der Waals surface area contributed by atoms with E-state index in [1.54, 1.807) is 0 Å². The summed E-state index contributed by atoms with van der Waals surface area (Å²) in [6.45, 7) is 4.66. The maximum absolute atomic E-state index is 12.8. The van der Waals surface area contributed by atoms with Crippen molar-refractivity contribution in [2.45, 2.75) is 58.7 Å². The standard InChI is InChI=1S/C20H25ClN6O4/c1-12(2)18(23-19(28)14-8-7-13(27(30)31)10-15(14)21)20(29)22-11-17-25-24-16-6-4-3-5-9-26(16)17/h7-8,10,12,18H,3-6,9,11H2,1-2H3,(H,22,29)(H,23,28). The summed E-state index contributed by atoms with van der Waals surface area (Å²) in [7, 11) is 0. The van der Waals surface area contributed by atoms with E-state index in [0.29, 0.717) is 5.82 Å². The van der Waals surface area contributed by atoms with Gasteiger partial charge in [-0.15, -0.1) is 10.2 Å². The lowest BCUT2D eigenvalue weighted by atomic mass is 10.0. The van der Waals surface area contributed by atoms with Gasteiger partial charge in [-0.05, 0) is 24.8 Å². The molecule has 31 heavy (non-hydrogen) atoms. The molecule has 11 heteroatoms. The molecule has 2 N–H and O–H groups in total. The van der Waals surface area contributed by atoms with Crippen LogP contribution in [0.15, 0.2) is 18.2 Å². The van der Waals surface area contributed by atoms with E-state index in [1.165, 1.54) is 12.1 Å². The number of aromatic nitrogens is 3. The van der Waals surface area contributed by atoms with Crippen LogP contribution >= 0.6 is 11.6 Å². The maximum atomic E-state index is 12.8. The molecule has 0 fully saturated rings. The van der Waals surface area contributed by atoms with Crippen molar-refractivity contribution >= 4 is 29.1 Å². The predicted octanol–water partition coefficient (Wildman–Crippen LogP) is 2.64. The fraction of sp³-hybridized carbons (Fsp3) is 0.500. The van der Waals surface area contributed by atoms with E-state index in [1.807, 2.05) is 18.4 Å². The van der Waals surface area contributed by atoms with Crippen molar-refractivity contribution in [2.75, 3.05) is 0 Å². The number of nitro benzene ring substituents is 1. The highest BCUT2D eigenvalue weighted by molar-refractivity contribution is 6.34. The van der Waals surface area contributed by atoms with Crippen LogP contribution in [-0.4, -0.2) is 37.5 Å². The molecule has 2 aromatic rings. The molecule has 0 spiro atoms. The number of rotatable bonds is 7. The zero-order valence-electron chi connectivity index (χ0n) is 17.4. The highest BCUT2D eigenvalue weighted by atomic mass is 35.5. The van der Waals surface area contributed by atoms with Gasteiger partial charge in [-0.1, -0.05) is 31.9 Å². The normalized spacial score (nSPS) is 14.5. The molecule has 0 bridgehead atoms. The van der Waals surface area contributed by atoms with E-state index >= 15 is 0 Å². The van der Waals surface area contributed by atoms with E-state index in [-0.39, 0.29) is 34.6 Å². The number of benzene rings is 1. The minimum absolute atomic E-state index is 0.0548. The number of nitro groups is 1. The second kappa shape index (κ2) is 9.86. The summed E-state index contributed by atoms with van der Waals surface area (Å²) in [5.74, 6) is 0.495. The van der Waals surface area contributed by atoms with Gasteiger partial charge in [0.1, 0.15) is 11.9 Å². The van der Waals surface area contributed by atoms with Crippen LogP contribution in [0.1, 0.15) is 55.1 Å². The Kier molecular flexibility index (Phi) is 7.21. The molecule has 1 unspecified atom stereocenters. The minimum Gasteiger partial charge on any atom is -0.347 e. The Morgan fingerprint density at radius 3 is 2.71 bits per heavy atom. The number of fused-ring (bicyclic) bond motifs is 1. The molecular formula is C20H25ClN6O4. The molecule has 1 atom stereocenters. The van der Waals surface area contributed by atoms with Crippen molar-refractivity contribution in [1.29, 1.82) is 0 Å². The fourth-order valence-electron chi connectivity index (χ4n) is 3.51. The maximum Gasteiger partial charge on any atom is 0.270 e. The smallest absolute Gasteiger partial charge is 0.270 e. The molecule has 1 aromatic carbocycles. The Bertz CT molecular complexity index is 990. The number of hydrogen-bond acceptors (Lipinski definition) is 6. The number of aryl methyl sites for hydroxylation is 1. The average molecular weight is 449 g/mol. The molecule has 166 valence electrons. The van der Waals surface area contributed by atoms with Crippen molar-refractivity contribution in [2.24, 2.45) is 5.92 Å². The van der Waals surface area contributed by atoms with E-state index in [9.17, 15) is 19.7 Å². The van der Waals surface area contributed by atoms with Crippen molar-refractivity contribution in [3.05, 3.63) is 50.5 Å². The summed E-state index contributed by atoms with van der Waals surface area (Å²) in [6.07, 6.45) is 4.15. The first-order chi connectivity index (χ1) is 14.8. The van der Waals surface area contributed by atoms with Crippen LogP contribution in [0.25, 0.3) is 0 Å². The fourth-order valence-corrected chi connectivity index (χ4v) is 3.77. The lowest BCUT2D eigenvalue weighted by molar-refractivity contribution is -0.384. The summed E-state index contributed by atoms with van der Waals surface area (Å²) in [5.41, 5.74) is -0.152. The summed E-state index contributed by atoms with van der Waals surface area (Å²) in [4.78, 5) is 35.7. The Hall–Kier alpha value is -3.01. The van der Waals surface area contributed by atoms with Crippen LogP contribution in [-0.2, 0) is 24.3 Å². The number of amides is 2. The number of hydrogen-bond donors (Lipinski definition) is 2. The van der Waals surface area contributed by atoms with Crippen molar-refractivity contribution in [1.82, 2.24) is 25.4 Å². The summed E-state index contributed by atoms with van der Waals surface area (Å²) in [6, 6.07) is 2.77. The van der Waals surface area contributed by atoms with Gasteiger partial charge < -0.3 is 15.2 Å². The van der Waals surface area contributed by atoms with Crippen LogP contribution in [0.2, 0.25) is 5.02 Å². The molecule has 0 saturated heterocycles. The Morgan fingerprint density at radius 1 is 1.26 bits per heavy atom. The van der Waals surface area contributed by atoms with Crippen LogP contribution in [0.4, 0.5) is 5.69 Å². The monoisotopic (exact) mass is 448 g/mol. The predicted molar refractivity (Wildman–Crippen MR) is 114 cm³/mol. The first-order valence-corrected chi connectivity index (χ1v) is 10.6. The zero-order chi connectivity index (χ0) is 22.5. The van der Waals surface area contributed by atoms with Gasteiger partial charge in [-0.2, -0.15) is 0 Å². The van der Waals surface area contributed by atoms with Crippen LogP contribution in [0.3, 0.4) is 0 Å². The first kappa shape index (κ1) is 22.7. The SMILES string of the molecule is CC(C)C(NC(=O)c1ccc([N+](=O)[O-])cc1Cl)C(=O)NCc1nnc2n1CCCCC2. The second-order valence-electron chi connectivity index (χ2n) is 7.83. The molecule has 0 aliphatic carbocycles. The summed E-state index contributed by atoms with van der Waals surface area (Å²) < 4.78 is 2.05. The molecule has 10 nitrogen and oxygen atoms in total. The van der Waals surface area contributed by atoms with Gasteiger partial charge in [-0.25, -0.2) is 0 Å². The highest BCUT2D eigenvalue weighted by Gasteiger charge is 2.26. The average Bonchev–Trinajstić information content (AvgIpc) is 2.95. The number of non-ortho nitro benzene ring substituents is 1. The van der Waals surface area contributed by atoms with E-state index in [2.05, 4.69) is 20.8 Å². The third-order valence-electron chi connectivity index (χ3n) is 5.25. The van der Waals surface area contributed by atoms with Gasteiger partial charge in [0.2, 0.25) is 5.91 Å². The van der Waals surface area contributed by atoms with Gasteiger partial charge in [-0.3, -0.25) is 19.7 Å². The molecule has 2 heterocycles. The Balaban J connectivity index is 1.66. The lowest BCUT2D eigenvalue weighted by Gasteiger charge is -2.22. The Labute approximate surface area is 184 Å². The van der Waals surface area contributed by atoms with E-state index < -0.39 is 16.9 Å². The van der Waals surface area contributed by atoms with Gasteiger partial charge in [0, 0.05) is 25.1 Å². The Morgan fingerprint density at radius 2 is 2.03 bits per heavy atom. The van der Waals surface area contributed by atoms with Crippen LogP contribution < -0.4 is 10.6 Å². The summed E-state index contributed by atoms with van der Waals surface area (Å²) >= 11 is 6.04.